The molecule has 0 unspecified atom stereocenters. The van der Waals surface area contributed by atoms with Crippen molar-refractivity contribution < 1.29 is 14.3 Å². The maximum absolute atomic E-state index is 11.6. The van der Waals surface area contributed by atoms with Gasteiger partial charge in [0.1, 0.15) is 6.54 Å². The van der Waals surface area contributed by atoms with Gasteiger partial charge in [-0.05, 0) is 25.9 Å². The van der Waals surface area contributed by atoms with E-state index in [1.807, 2.05) is 0 Å². The molecule has 0 aromatic carbocycles. The third-order valence-corrected chi connectivity index (χ3v) is 2.75. The molecule has 6 nitrogen and oxygen atoms in total. The summed E-state index contributed by atoms with van der Waals surface area (Å²) in [5, 5.41) is 5.72. The fraction of sp³-hybridized carbons (Fsp3) is 0.800. The van der Waals surface area contributed by atoms with E-state index in [0.717, 1.165) is 25.9 Å². The molecule has 92 valence electrons. The average molecular weight is 229 g/mol. The predicted molar refractivity (Wildman–Crippen MR) is 59.1 cm³/mol. The van der Waals surface area contributed by atoms with Gasteiger partial charge in [0.25, 0.3) is 0 Å². The van der Waals surface area contributed by atoms with Crippen molar-refractivity contribution in [3.05, 3.63) is 0 Å². The van der Waals surface area contributed by atoms with Crippen LogP contribution in [0.1, 0.15) is 12.8 Å². The van der Waals surface area contributed by atoms with Gasteiger partial charge in [-0.3, -0.25) is 9.69 Å². The van der Waals surface area contributed by atoms with E-state index in [-0.39, 0.29) is 18.5 Å². The number of likely N-dealkylation sites (N-methyl/N-ethyl adjacent to an activating group) is 1. The summed E-state index contributed by atoms with van der Waals surface area (Å²) >= 11 is 0. The lowest BCUT2D eigenvalue weighted by molar-refractivity contribution is -0.122. The van der Waals surface area contributed by atoms with Gasteiger partial charge in [0.05, 0.1) is 7.11 Å². The number of carbonyl (C=O) groups is 2. The highest BCUT2D eigenvalue weighted by Gasteiger charge is 2.27. The minimum absolute atomic E-state index is 0.0633. The molecule has 1 aliphatic rings. The van der Waals surface area contributed by atoms with Crippen molar-refractivity contribution in [2.24, 2.45) is 0 Å². The Hall–Kier alpha value is -1.30. The maximum atomic E-state index is 11.6. The van der Waals surface area contributed by atoms with Crippen molar-refractivity contribution in [3.8, 4) is 0 Å². The van der Waals surface area contributed by atoms with E-state index in [0.29, 0.717) is 0 Å². The Kier molecular flexibility index (Phi) is 5.04. The molecule has 0 saturated carbocycles. The molecular weight excluding hydrogens is 210 g/mol. The second-order valence-electron chi connectivity index (χ2n) is 3.75. The number of hydrogen-bond acceptors (Lipinski definition) is 4. The van der Waals surface area contributed by atoms with Gasteiger partial charge >= 0.3 is 6.09 Å². The number of amides is 2. The average Bonchev–Trinajstić information content (AvgIpc) is 2.35. The van der Waals surface area contributed by atoms with Crippen molar-refractivity contribution in [2.75, 3.05) is 33.8 Å². The SMILES string of the molecule is CNC(=O)CN(C(=O)OC)C1CCNCC1. The summed E-state index contributed by atoms with van der Waals surface area (Å²) in [6, 6.07) is 0.0889. The van der Waals surface area contributed by atoms with Gasteiger partial charge in [-0.15, -0.1) is 0 Å². The van der Waals surface area contributed by atoms with Crippen molar-refractivity contribution in [1.29, 1.82) is 0 Å². The molecule has 0 aromatic rings. The summed E-state index contributed by atoms with van der Waals surface area (Å²) in [6.45, 7) is 1.80. The van der Waals surface area contributed by atoms with E-state index in [1.54, 1.807) is 7.05 Å². The fourth-order valence-corrected chi connectivity index (χ4v) is 1.81. The molecule has 1 heterocycles. The number of rotatable bonds is 3. The lowest BCUT2D eigenvalue weighted by atomic mass is 10.1. The van der Waals surface area contributed by atoms with Gasteiger partial charge in [0.15, 0.2) is 0 Å². The molecule has 2 N–H and O–H groups in total. The molecule has 0 spiro atoms. The van der Waals surface area contributed by atoms with Crippen LogP contribution in [0.15, 0.2) is 0 Å². The first-order valence-corrected chi connectivity index (χ1v) is 5.45. The third kappa shape index (κ3) is 3.37. The molecule has 16 heavy (non-hydrogen) atoms. The van der Waals surface area contributed by atoms with E-state index >= 15 is 0 Å². The Balaban J connectivity index is 2.61. The van der Waals surface area contributed by atoms with E-state index < -0.39 is 6.09 Å². The zero-order valence-electron chi connectivity index (χ0n) is 9.78. The molecule has 1 aliphatic heterocycles. The first-order chi connectivity index (χ1) is 7.69. The maximum Gasteiger partial charge on any atom is 0.410 e. The minimum atomic E-state index is -0.435. The van der Waals surface area contributed by atoms with Crippen LogP contribution < -0.4 is 10.6 Å². The monoisotopic (exact) mass is 229 g/mol. The molecule has 1 rings (SSSR count). The molecule has 0 aliphatic carbocycles. The molecule has 2 amide bonds. The van der Waals surface area contributed by atoms with Crippen molar-refractivity contribution in [1.82, 2.24) is 15.5 Å². The van der Waals surface area contributed by atoms with Crippen molar-refractivity contribution in [3.63, 3.8) is 0 Å². The molecular formula is C10H19N3O3. The number of carbonyl (C=O) groups excluding carboxylic acids is 2. The molecule has 0 bridgehead atoms. The van der Waals surface area contributed by atoms with Gasteiger partial charge in [-0.2, -0.15) is 0 Å². The fourth-order valence-electron chi connectivity index (χ4n) is 1.81. The van der Waals surface area contributed by atoms with Crippen LogP contribution in [0.4, 0.5) is 4.79 Å². The first kappa shape index (κ1) is 12.8. The van der Waals surface area contributed by atoms with Crippen LogP contribution in [0.25, 0.3) is 0 Å². The lowest BCUT2D eigenvalue weighted by Gasteiger charge is -2.32. The number of ether oxygens (including phenoxy) is 1. The van der Waals surface area contributed by atoms with E-state index in [1.165, 1.54) is 12.0 Å². The highest BCUT2D eigenvalue weighted by molar-refractivity contribution is 5.82. The molecule has 0 radical (unpaired) electrons. The molecule has 0 aromatic heterocycles. The first-order valence-electron chi connectivity index (χ1n) is 5.45. The Bertz CT molecular complexity index is 252. The Labute approximate surface area is 95.3 Å². The highest BCUT2D eigenvalue weighted by atomic mass is 16.5. The van der Waals surface area contributed by atoms with Crippen LogP contribution >= 0.6 is 0 Å². The summed E-state index contributed by atoms with van der Waals surface area (Å²) in [4.78, 5) is 24.4. The van der Waals surface area contributed by atoms with Gasteiger partial charge < -0.3 is 15.4 Å². The van der Waals surface area contributed by atoms with E-state index in [2.05, 4.69) is 10.6 Å². The molecule has 1 saturated heterocycles. The number of hydrogen-bond donors (Lipinski definition) is 2. The Morgan fingerprint density at radius 2 is 2.06 bits per heavy atom. The zero-order chi connectivity index (χ0) is 12.0. The van der Waals surface area contributed by atoms with Gasteiger partial charge in [-0.25, -0.2) is 4.79 Å². The summed E-state index contributed by atoms with van der Waals surface area (Å²) in [6.07, 6.45) is 1.27. The quantitative estimate of drug-likeness (QED) is 0.688. The zero-order valence-corrected chi connectivity index (χ0v) is 9.78. The second kappa shape index (κ2) is 6.32. The standard InChI is InChI=1S/C10H19N3O3/c1-11-9(14)7-13(10(15)16-2)8-3-5-12-6-4-8/h8,12H,3-7H2,1-2H3,(H,11,14). The number of methoxy groups -OCH3 is 1. The second-order valence-corrected chi connectivity index (χ2v) is 3.75. The van der Waals surface area contributed by atoms with E-state index in [4.69, 9.17) is 4.74 Å². The van der Waals surface area contributed by atoms with Crippen LogP contribution in [-0.4, -0.2) is 56.7 Å². The minimum Gasteiger partial charge on any atom is -0.453 e. The Morgan fingerprint density at radius 1 is 1.44 bits per heavy atom. The summed E-state index contributed by atoms with van der Waals surface area (Å²) in [5.74, 6) is -0.177. The summed E-state index contributed by atoms with van der Waals surface area (Å²) in [5.41, 5.74) is 0. The number of piperidine rings is 1. The highest BCUT2D eigenvalue weighted by Crippen LogP contribution is 2.12. The molecule has 1 fully saturated rings. The van der Waals surface area contributed by atoms with Crippen LogP contribution in [-0.2, 0) is 9.53 Å². The van der Waals surface area contributed by atoms with Crippen LogP contribution in [0.3, 0.4) is 0 Å². The van der Waals surface area contributed by atoms with Crippen molar-refractivity contribution in [2.45, 2.75) is 18.9 Å². The lowest BCUT2D eigenvalue weighted by Crippen LogP contribution is -2.49. The third-order valence-electron chi connectivity index (χ3n) is 2.75. The molecule has 0 atom stereocenters. The van der Waals surface area contributed by atoms with Gasteiger partial charge in [-0.1, -0.05) is 0 Å². The van der Waals surface area contributed by atoms with Crippen LogP contribution in [0.2, 0.25) is 0 Å². The number of nitrogens with one attached hydrogen (secondary N) is 2. The predicted octanol–water partition coefficient (Wildman–Crippen LogP) is -0.447. The van der Waals surface area contributed by atoms with Crippen LogP contribution in [0, 0.1) is 0 Å². The summed E-state index contributed by atoms with van der Waals surface area (Å²) in [7, 11) is 2.89. The van der Waals surface area contributed by atoms with Crippen LogP contribution in [0.5, 0.6) is 0 Å². The van der Waals surface area contributed by atoms with Crippen molar-refractivity contribution >= 4 is 12.0 Å². The largest absolute Gasteiger partial charge is 0.453 e. The van der Waals surface area contributed by atoms with E-state index in [9.17, 15) is 9.59 Å². The topological polar surface area (TPSA) is 70.7 Å². The Morgan fingerprint density at radius 3 is 2.56 bits per heavy atom. The smallest absolute Gasteiger partial charge is 0.410 e. The normalized spacial score (nSPS) is 16.6. The molecule has 6 heteroatoms. The van der Waals surface area contributed by atoms with Gasteiger partial charge in [0.2, 0.25) is 5.91 Å². The summed E-state index contributed by atoms with van der Waals surface area (Å²) < 4.78 is 4.70. The number of nitrogens with zero attached hydrogens (tertiary/aromatic N) is 1. The van der Waals surface area contributed by atoms with Gasteiger partial charge in [0, 0.05) is 13.1 Å².